The Morgan fingerprint density at radius 2 is 1.74 bits per heavy atom. The summed E-state index contributed by atoms with van der Waals surface area (Å²) in [5.74, 6) is -0.523. The van der Waals surface area contributed by atoms with Gasteiger partial charge >= 0.3 is 5.97 Å². The van der Waals surface area contributed by atoms with Crippen molar-refractivity contribution in [3.63, 3.8) is 0 Å². The first-order valence-electron chi connectivity index (χ1n) is 12.5. The minimum Gasteiger partial charge on any atom is -0.448 e. The highest BCUT2D eigenvalue weighted by Gasteiger charge is 2.54. The third-order valence-electron chi connectivity index (χ3n) is 6.41. The van der Waals surface area contributed by atoms with Gasteiger partial charge in [0.1, 0.15) is 17.1 Å². The number of nitrogens with one attached hydrogen (secondary N) is 1. The molecule has 2 atom stereocenters. The second kappa shape index (κ2) is 11.8. The van der Waals surface area contributed by atoms with Crippen molar-refractivity contribution in [3.05, 3.63) is 118 Å². The number of ether oxygens (including phenoxy) is 1. The van der Waals surface area contributed by atoms with Crippen molar-refractivity contribution in [3.8, 4) is 0 Å². The molecule has 6 nitrogen and oxygen atoms in total. The van der Waals surface area contributed by atoms with Crippen molar-refractivity contribution in [1.29, 1.82) is 0 Å². The lowest BCUT2D eigenvalue weighted by Gasteiger charge is -2.49. The van der Waals surface area contributed by atoms with E-state index >= 15 is 0 Å². The SMILES string of the molecule is CCC=CC1=C(C(=O)OC(c2ccccc2)c2ccccc2)N2C(=O)[C@@H](NC(=O)Cc3cccs3)[C@@H]2SC1. The summed E-state index contributed by atoms with van der Waals surface area (Å²) in [5.41, 5.74) is 2.68. The molecule has 2 aliphatic heterocycles. The van der Waals surface area contributed by atoms with E-state index in [4.69, 9.17) is 4.74 Å². The van der Waals surface area contributed by atoms with Crippen molar-refractivity contribution in [2.45, 2.75) is 37.3 Å². The Balaban J connectivity index is 1.40. The van der Waals surface area contributed by atoms with Crippen LogP contribution in [0.1, 0.15) is 35.5 Å². The Hall–Kier alpha value is -3.62. The van der Waals surface area contributed by atoms with Crippen molar-refractivity contribution in [2.24, 2.45) is 0 Å². The van der Waals surface area contributed by atoms with Crippen molar-refractivity contribution < 1.29 is 19.1 Å². The maximum absolute atomic E-state index is 13.8. The maximum Gasteiger partial charge on any atom is 0.356 e. The molecule has 38 heavy (non-hydrogen) atoms. The first-order chi connectivity index (χ1) is 18.6. The number of rotatable bonds is 9. The molecule has 194 valence electrons. The first kappa shape index (κ1) is 26.0. The van der Waals surface area contributed by atoms with E-state index in [1.54, 1.807) is 11.8 Å². The van der Waals surface area contributed by atoms with Gasteiger partial charge in [-0.3, -0.25) is 14.5 Å². The van der Waals surface area contributed by atoms with Crippen molar-refractivity contribution in [1.82, 2.24) is 10.2 Å². The number of thioether (sulfide) groups is 1. The molecule has 3 heterocycles. The molecule has 1 aromatic heterocycles. The van der Waals surface area contributed by atoms with Crippen LogP contribution in [0.2, 0.25) is 0 Å². The molecule has 1 saturated heterocycles. The summed E-state index contributed by atoms with van der Waals surface area (Å²) in [7, 11) is 0. The summed E-state index contributed by atoms with van der Waals surface area (Å²) in [6, 6.07) is 22.3. The second-order valence-electron chi connectivity index (χ2n) is 9.00. The van der Waals surface area contributed by atoms with Gasteiger partial charge in [-0.25, -0.2) is 4.79 Å². The second-order valence-corrected chi connectivity index (χ2v) is 11.1. The van der Waals surface area contributed by atoms with Gasteiger partial charge in [0, 0.05) is 10.6 Å². The monoisotopic (exact) mass is 544 g/mol. The van der Waals surface area contributed by atoms with Gasteiger partial charge in [-0.2, -0.15) is 0 Å². The van der Waals surface area contributed by atoms with E-state index < -0.39 is 18.1 Å². The van der Waals surface area contributed by atoms with Gasteiger partial charge in [0.25, 0.3) is 5.91 Å². The van der Waals surface area contributed by atoms with Crippen LogP contribution in [0.5, 0.6) is 0 Å². The number of carbonyl (C=O) groups excluding carboxylic acids is 3. The molecule has 0 spiro atoms. The summed E-state index contributed by atoms with van der Waals surface area (Å²) < 4.78 is 6.14. The third-order valence-corrected chi connectivity index (χ3v) is 8.59. The van der Waals surface area contributed by atoms with Crippen molar-refractivity contribution >= 4 is 40.9 Å². The number of carbonyl (C=O) groups is 3. The topological polar surface area (TPSA) is 75.7 Å². The van der Waals surface area contributed by atoms with Gasteiger partial charge in [-0.1, -0.05) is 85.8 Å². The van der Waals surface area contributed by atoms with Crippen LogP contribution in [0.15, 0.2) is 102 Å². The van der Waals surface area contributed by atoms with E-state index in [9.17, 15) is 14.4 Å². The lowest BCUT2D eigenvalue weighted by molar-refractivity contribution is -0.154. The minimum atomic E-state index is -0.675. The number of fused-ring (bicyclic) bond motifs is 1. The van der Waals surface area contributed by atoms with Gasteiger partial charge in [0.15, 0.2) is 6.10 Å². The molecule has 0 saturated carbocycles. The molecule has 0 unspecified atom stereocenters. The molecule has 0 aliphatic carbocycles. The largest absolute Gasteiger partial charge is 0.448 e. The van der Waals surface area contributed by atoms with Crippen LogP contribution in [0.25, 0.3) is 0 Å². The van der Waals surface area contributed by atoms with Gasteiger partial charge in [0.05, 0.1) is 6.42 Å². The Morgan fingerprint density at radius 3 is 2.34 bits per heavy atom. The number of hydrogen-bond donors (Lipinski definition) is 1. The summed E-state index contributed by atoms with van der Waals surface area (Å²) in [4.78, 5) is 42.2. The average molecular weight is 545 g/mol. The summed E-state index contributed by atoms with van der Waals surface area (Å²) in [6.45, 7) is 2.02. The zero-order chi connectivity index (χ0) is 26.5. The van der Waals surface area contributed by atoms with Crippen LogP contribution in [-0.2, 0) is 25.5 Å². The summed E-state index contributed by atoms with van der Waals surface area (Å²) >= 11 is 3.05. The van der Waals surface area contributed by atoms with Gasteiger partial charge in [0.2, 0.25) is 5.91 Å². The van der Waals surface area contributed by atoms with Crippen LogP contribution >= 0.6 is 23.1 Å². The fourth-order valence-electron chi connectivity index (χ4n) is 4.56. The molecule has 2 amide bonds. The Labute approximate surface area is 230 Å². The van der Waals surface area contributed by atoms with Gasteiger partial charge < -0.3 is 10.1 Å². The van der Waals surface area contributed by atoms with Crippen LogP contribution < -0.4 is 5.32 Å². The standard InChI is InChI=1S/C30H28N2O4S2/c1-2-3-11-22-19-38-29-25(31-24(33)18-23-16-10-17-37-23)28(34)32(29)26(22)30(35)36-27(20-12-6-4-7-13-20)21-14-8-5-9-15-21/h3-17,25,27,29H,2,18-19H2,1H3,(H,31,33)/t25-,29+/m1/s1. The number of β-lactam (4-membered cyclic amide) rings is 1. The molecular weight excluding hydrogens is 516 g/mol. The summed E-state index contributed by atoms with van der Waals surface area (Å²) in [6.07, 6.45) is 4.27. The van der Waals surface area contributed by atoms with E-state index in [1.165, 1.54) is 16.2 Å². The highest BCUT2D eigenvalue weighted by molar-refractivity contribution is 8.00. The fraction of sp³-hybridized carbons (Fsp3) is 0.233. The molecule has 3 aromatic rings. The molecule has 0 bridgehead atoms. The highest BCUT2D eigenvalue weighted by atomic mass is 32.2. The number of thiophene rings is 1. The highest BCUT2D eigenvalue weighted by Crippen LogP contribution is 2.42. The molecule has 5 rings (SSSR count). The van der Waals surface area contributed by atoms with Gasteiger partial charge in [-0.15, -0.1) is 23.1 Å². The number of benzene rings is 2. The Bertz CT molecular complexity index is 1310. The van der Waals surface area contributed by atoms with E-state index in [0.29, 0.717) is 5.75 Å². The van der Waals surface area contributed by atoms with Crippen molar-refractivity contribution in [2.75, 3.05) is 5.75 Å². The maximum atomic E-state index is 13.8. The lowest BCUT2D eigenvalue weighted by Crippen LogP contribution is -2.70. The molecule has 0 radical (unpaired) electrons. The predicted octanol–water partition coefficient (Wildman–Crippen LogP) is 5.24. The molecule has 8 heteroatoms. The zero-order valence-electron chi connectivity index (χ0n) is 20.9. The Kier molecular flexibility index (Phi) is 8.10. The van der Waals surface area contributed by atoms with Crippen LogP contribution in [0, 0.1) is 0 Å². The third kappa shape index (κ3) is 5.47. The van der Waals surface area contributed by atoms with E-state index in [2.05, 4.69) is 5.32 Å². The van der Waals surface area contributed by atoms with Crippen LogP contribution in [-0.4, -0.2) is 39.9 Å². The normalized spacial score (nSPS) is 18.9. The van der Waals surface area contributed by atoms with Crippen LogP contribution in [0.3, 0.4) is 0 Å². The summed E-state index contributed by atoms with van der Waals surface area (Å²) in [5, 5.41) is 4.44. The number of allylic oxidation sites excluding steroid dienone is 2. The van der Waals surface area contributed by atoms with Gasteiger partial charge in [-0.05, 0) is 34.6 Å². The smallest absolute Gasteiger partial charge is 0.356 e. The quantitative estimate of drug-likeness (QED) is 0.294. The molecule has 1 fully saturated rings. The van der Waals surface area contributed by atoms with E-state index in [0.717, 1.165) is 28.0 Å². The lowest BCUT2D eigenvalue weighted by atomic mass is 10.0. The number of nitrogens with zero attached hydrogens (tertiary/aromatic N) is 1. The molecule has 2 aromatic carbocycles. The van der Waals surface area contributed by atoms with Crippen LogP contribution in [0.4, 0.5) is 0 Å². The minimum absolute atomic E-state index is 0.205. The predicted molar refractivity (Wildman–Crippen MR) is 150 cm³/mol. The number of amides is 2. The molecular formula is C30H28N2O4S2. The number of esters is 1. The van der Waals surface area contributed by atoms with E-state index in [1.807, 2.05) is 97.3 Å². The average Bonchev–Trinajstić information content (AvgIpc) is 3.46. The Morgan fingerprint density at radius 1 is 1.05 bits per heavy atom. The number of hydrogen-bond acceptors (Lipinski definition) is 6. The molecule has 1 N–H and O–H groups in total. The molecule has 2 aliphatic rings. The van der Waals surface area contributed by atoms with E-state index in [-0.39, 0.29) is 29.3 Å². The fourth-order valence-corrected chi connectivity index (χ4v) is 6.59. The first-order valence-corrected chi connectivity index (χ1v) is 14.5. The zero-order valence-corrected chi connectivity index (χ0v) is 22.5.